The average molecular weight is 355 g/mol. The number of pyridine rings is 1. The molecule has 1 amide bonds. The molecule has 0 aromatic carbocycles. The summed E-state index contributed by atoms with van der Waals surface area (Å²) < 4.78 is 0. The van der Waals surface area contributed by atoms with Gasteiger partial charge in [0, 0.05) is 23.8 Å². The fourth-order valence-electron chi connectivity index (χ4n) is 3.11. The van der Waals surface area contributed by atoms with Crippen molar-refractivity contribution in [2.75, 3.05) is 10.6 Å². The fourth-order valence-corrected chi connectivity index (χ4v) is 3.11. The van der Waals surface area contributed by atoms with Crippen molar-refractivity contribution in [3.8, 4) is 0 Å². The lowest BCUT2D eigenvalue weighted by atomic mass is 9.91. The molecule has 8 nitrogen and oxygen atoms in total. The molecule has 0 radical (unpaired) electrons. The van der Waals surface area contributed by atoms with Gasteiger partial charge in [0.2, 0.25) is 0 Å². The molecule has 0 aliphatic heterocycles. The third-order valence-corrected chi connectivity index (χ3v) is 4.79. The summed E-state index contributed by atoms with van der Waals surface area (Å²) in [6.45, 7) is 3.92. The van der Waals surface area contributed by atoms with Crippen LogP contribution in [0.25, 0.3) is 0 Å². The van der Waals surface area contributed by atoms with Crippen molar-refractivity contribution in [2.24, 2.45) is 11.5 Å². The summed E-state index contributed by atoms with van der Waals surface area (Å²) in [7, 11) is 0. The highest BCUT2D eigenvalue weighted by Gasteiger charge is 2.23. The van der Waals surface area contributed by atoms with E-state index in [1.54, 1.807) is 6.07 Å². The standard InChI is InChI=1S/C18H25N7O/c1-10-7-8-15(21-11(10)2)23-14-9-16(24-25-17(14)18(20)26)22-13-6-4-3-5-12(13)19/h7-9,12-13H,3-6,19H2,1-2H3,(H2,20,26)(H2,21,22,23,24)/t12-,13?/m0/s1. The maximum atomic E-state index is 11.7. The topological polar surface area (TPSA) is 132 Å². The van der Waals surface area contributed by atoms with Gasteiger partial charge in [-0.15, -0.1) is 10.2 Å². The first-order valence-corrected chi connectivity index (χ1v) is 8.85. The minimum absolute atomic E-state index is 0.0727. The van der Waals surface area contributed by atoms with Crippen LogP contribution in [0.5, 0.6) is 0 Å². The Labute approximate surface area is 152 Å². The first kappa shape index (κ1) is 18.1. The summed E-state index contributed by atoms with van der Waals surface area (Å²) in [5.41, 5.74) is 14.2. The van der Waals surface area contributed by atoms with Crippen LogP contribution in [-0.4, -0.2) is 33.2 Å². The Morgan fingerprint density at radius 1 is 1.15 bits per heavy atom. The van der Waals surface area contributed by atoms with E-state index in [9.17, 15) is 4.79 Å². The predicted octanol–water partition coefficient (Wildman–Crippen LogP) is 2.01. The van der Waals surface area contributed by atoms with Gasteiger partial charge in [-0.1, -0.05) is 18.9 Å². The number of aryl methyl sites for hydroxylation is 2. The molecule has 1 unspecified atom stereocenters. The highest BCUT2D eigenvalue weighted by atomic mass is 16.1. The van der Waals surface area contributed by atoms with Gasteiger partial charge in [-0.25, -0.2) is 4.98 Å². The zero-order valence-electron chi connectivity index (χ0n) is 15.1. The Kier molecular flexibility index (Phi) is 5.32. The van der Waals surface area contributed by atoms with Crippen LogP contribution < -0.4 is 22.1 Å². The average Bonchev–Trinajstić information content (AvgIpc) is 2.60. The van der Waals surface area contributed by atoms with Gasteiger partial charge in [0.25, 0.3) is 5.91 Å². The van der Waals surface area contributed by atoms with Crippen LogP contribution in [0.1, 0.15) is 47.4 Å². The zero-order chi connectivity index (χ0) is 18.7. The number of nitrogens with zero attached hydrogens (tertiary/aromatic N) is 3. The first-order chi connectivity index (χ1) is 12.4. The lowest BCUT2D eigenvalue weighted by Gasteiger charge is -2.29. The summed E-state index contributed by atoms with van der Waals surface area (Å²) in [5, 5.41) is 14.5. The predicted molar refractivity (Wildman–Crippen MR) is 101 cm³/mol. The molecule has 8 heteroatoms. The smallest absolute Gasteiger partial charge is 0.271 e. The van der Waals surface area contributed by atoms with Crippen LogP contribution in [-0.2, 0) is 0 Å². The molecule has 3 rings (SSSR count). The van der Waals surface area contributed by atoms with Gasteiger partial charge in [-0.2, -0.15) is 0 Å². The molecule has 0 bridgehead atoms. The van der Waals surface area contributed by atoms with Gasteiger partial charge < -0.3 is 22.1 Å². The van der Waals surface area contributed by atoms with E-state index in [1.165, 1.54) is 0 Å². The van der Waals surface area contributed by atoms with Crippen LogP contribution in [0, 0.1) is 13.8 Å². The van der Waals surface area contributed by atoms with Gasteiger partial charge in [-0.3, -0.25) is 4.79 Å². The van der Waals surface area contributed by atoms with E-state index in [4.69, 9.17) is 11.5 Å². The number of anilines is 3. The third kappa shape index (κ3) is 4.08. The monoisotopic (exact) mass is 355 g/mol. The molecule has 2 aromatic rings. The molecule has 1 aliphatic rings. The minimum atomic E-state index is -0.648. The number of carbonyl (C=O) groups is 1. The van der Waals surface area contributed by atoms with Gasteiger partial charge in [-0.05, 0) is 38.3 Å². The second-order valence-corrected chi connectivity index (χ2v) is 6.78. The Hall–Kier alpha value is -2.74. The largest absolute Gasteiger partial charge is 0.364 e. The second-order valence-electron chi connectivity index (χ2n) is 6.78. The molecule has 2 atom stereocenters. The number of hydrogen-bond acceptors (Lipinski definition) is 7. The number of nitrogens with one attached hydrogen (secondary N) is 2. The molecular weight excluding hydrogens is 330 g/mol. The zero-order valence-corrected chi connectivity index (χ0v) is 15.1. The van der Waals surface area contributed by atoms with Crippen molar-refractivity contribution in [2.45, 2.75) is 51.6 Å². The second kappa shape index (κ2) is 7.65. The molecule has 26 heavy (non-hydrogen) atoms. The molecule has 6 N–H and O–H groups in total. The van der Waals surface area contributed by atoms with Crippen LogP contribution in [0.2, 0.25) is 0 Å². The van der Waals surface area contributed by atoms with Crippen LogP contribution >= 0.6 is 0 Å². The summed E-state index contributed by atoms with van der Waals surface area (Å²) >= 11 is 0. The number of aromatic nitrogens is 3. The lowest BCUT2D eigenvalue weighted by Crippen LogP contribution is -2.42. The maximum absolute atomic E-state index is 11.7. The number of carbonyl (C=O) groups excluding carboxylic acids is 1. The van der Waals surface area contributed by atoms with Crippen LogP contribution in [0.4, 0.5) is 17.3 Å². The van der Waals surface area contributed by atoms with Crippen molar-refractivity contribution < 1.29 is 4.79 Å². The number of hydrogen-bond donors (Lipinski definition) is 4. The molecule has 0 saturated heterocycles. The highest BCUT2D eigenvalue weighted by molar-refractivity contribution is 5.97. The van der Waals surface area contributed by atoms with Crippen molar-refractivity contribution in [3.63, 3.8) is 0 Å². The lowest BCUT2D eigenvalue weighted by molar-refractivity contribution is 0.0995. The molecular formula is C18H25N7O. The Bertz CT molecular complexity index is 808. The SMILES string of the molecule is Cc1ccc(Nc2cc(NC3CCCC[C@@H]3N)nnc2C(N)=O)nc1C. The maximum Gasteiger partial charge on any atom is 0.271 e. The molecule has 1 saturated carbocycles. The molecule has 2 heterocycles. The Balaban J connectivity index is 1.86. The van der Waals surface area contributed by atoms with E-state index in [1.807, 2.05) is 26.0 Å². The summed E-state index contributed by atoms with van der Waals surface area (Å²) in [6.07, 6.45) is 4.26. The van der Waals surface area contributed by atoms with Gasteiger partial charge in [0.1, 0.15) is 5.82 Å². The van der Waals surface area contributed by atoms with Gasteiger partial charge in [0.15, 0.2) is 11.5 Å². The normalized spacial score (nSPS) is 19.8. The summed E-state index contributed by atoms with van der Waals surface area (Å²) in [4.78, 5) is 16.2. The van der Waals surface area contributed by atoms with Crippen LogP contribution in [0.3, 0.4) is 0 Å². The summed E-state index contributed by atoms with van der Waals surface area (Å²) in [5.74, 6) is 0.525. The van der Waals surface area contributed by atoms with E-state index in [2.05, 4.69) is 25.8 Å². The first-order valence-electron chi connectivity index (χ1n) is 8.85. The number of nitrogens with two attached hydrogens (primary N) is 2. The van der Waals surface area contributed by atoms with Crippen molar-refractivity contribution in [1.82, 2.24) is 15.2 Å². The van der Waals surface area contributed by atoms with Crippen molar-refractivity contribution >= 4 is 23.2 Å². The summed E-state index contributed by atoms with van der Waals surface area (Å²) in [6, 6.07) is 5.76. The minimum Gasteiger partial charge on any atom is -0.364 e. The van der Waals surface area contributed by atoms with Crippen molar-refractivity contribution in [3.05, 3.63) is 35.2 Å². The molecule has 138 valence electrons. The molecule has 2 aromatic heterocycles. The number of amides is 1. The van der Waals surface area contributed by atoms with E-state index in [-0.39, 0.29) is 17.8 Å². The van der Waals surface area contributed by atoms with E-state index < -0.39 is 5.91 Å². The van der Waals surface area contributed by atoms with Crippen LogP contribution in [0.15, 0.2) is 18.2 Å². The third-order valence-electron chi connectivity index (χ3n) is 4.79. The number of rotatable bonds is 5. The Morgan fingerprint density at radius 2 is 1.92 bits per heavy atom. The molecule has 1 fully saturated rings. The highest BCUT2D eigenvalue weighted by Crippen LogP contribution is 2.24. The van der Waals surface area contributed by atoms with E-state index in [0.717, 1.165) is 36.9 Å². The molecule has 1 aliphatic carbocycles. The van der Waals surface area contributed by atoms with E-state index in [0.29, 0.717) is 17.3 Å². The van der Waals surface area contributed by atoms with E-state index >= 15 is 0 Å². The van der Waals surface area contributed by atoms with Gasteiger partial charge >= 0.3 is 0 Å². The van der Waals surface area contributed by atoms with Gasteiger partial charge in [0.05, 0.1) is 5.69 Å². The van der Waals surface area contributed by atoms with Crippen molar-refractivity contribution in [1.29, 1.82) is 0 Å². The Morgan fingerprint density at radius 3 is 2.62 bits per heavy atom. The number of primary amides is 1. The fraction of sp³-hybridized carbons (Fsp3) is 0.444. The molecule has 0 spiro atoms. The quantitative estimate of drug-likeness (QED) is 0.645.